The Kier molecular flexibility index (Phi) is 5.06. The molecule has 0 saturated carbocycles. The van der Waals surface area contributed by atoms with E-state index in [2.05, 4.69) is 52.2 Å². The largest absolute Gasteiger partial charge is 0.376 e. The molecule has 88 valence electrons. The lowest BCUT2D eigenvalue weighted by Gasteiger charge is -2.22. The fourth-order valence-electron chi connectivity index (χ4n) is 1.99. The van der Waals surface area contributed by atoms with Crippen LogP contribution in [0, 0.1) is 9.49 Å². The summed E-state index contributed by atoms with van der Waals surface area (Å²) >= 11 is 2.32. The summed E-state index contributed by atoms with van der Waals surface area (Å²) in [4.78, 5) is 0. The van der Waals surface area contributed by atoms with Crippen molar-refractivity contribution in [3.8, 4) is 0 Å². The molecule has 2 rings (SSSR count). The van der Waals surface area contributed by atoms with Gasteiger partial charge in [0.1, 0.15) is 0 Å². The number of hydrogen-bond acceptors (Lipinski definition) is 2. The summed E-state index contributed by atoms with van der Waals surface area (Å²) in [6.45, 7) is 3.92. The molecular formula is C13H18INO. The van der Waals surface area contributed by atoms with Gasteiger partial charge >= 0.3 is 0 Å². The zero-order chi connectivity index (χ0) is 11.2. The van der Waals surface area contributed by atoms with E-state index in [1.165, 1.54) is 28.5 Å². The third-order valence-electron chi connectivity index (χ3n) is 2.93. The Hall–Kier alpha value is -0.130. The van der Waals surface area contributed by atoms with Gasteiger partial charge in [0.25, 0.3) is 0 Å². The molecule has 0 radical (unpaired) electrons. The van der Waals surface area contributed by atoms with Crippen molar-refractivity contribution < 1.29 is 4.74 Å². The van der Waals surface area contributed by atoms with Gasteiger partial charge in [0, 0.05) is 10.1 Å². The fraction of sp³-hybridized carbons (Fsp3) is 0.538. The zero-order valence-electron chi connectivity index (χ0n) is 9.42. The highest BCUT2D eigenvalue weighted by Crippen LogP contribution is 2.12. The van der Waals surface area contributed by atoms with Crippen molar-refractivity contribution in [3.05, 3.63) is 33.4 Å². The highest BCUT2D eigenvalue weighted by atomic mass is 127. The van der Waals surface area contributed by atoms with Crippen LogP contribution in [-0.2, 0) is 11.3 Å². The van der Waals surface area contributed by atoms with Crippen molar-refractivity contribution in [1.29, 1.82) is 0 Å². The first-order valence-corrected chi connectivity index (χ1v) is 6.95. The van der Waals surface area contributed by atoms with Crippen LogP contribution in [0.5, 0.6) is 0 Å². The lowest BCUT2D eigenvalue weighted by Crippen LogP contribution is -2.32. The second-order valence-corrected chi connectivity index (χ2v) is 5.60. The Balaban J connectivity index is 1.69. The normalized spacial score (nSPS) is 20.9. The summed E-state index contributed by atoms with van der Waals surface area (Å²) in [6, 6.07) is 8.53. The van der Waals surface area contributed by atoms with Gasteiger partial charge in [-0.05, 0) is 65.6 Å². The van der Waals surface area contributed by atoms with Crippen LogP contribution < -0.4 is 5.32 Å². The number of hydrogen-bond donors (Lipinski definition) is 1. The standard InChI is InChI=1S/C13H18INO/c14-13-5-3-11(4-6-13)9-16-10-12-2-1-7-15-8-12/h3-6,12,15H,1-2,7-10H2. The van der Waals surface area contributed by atoms with Crippen molar-refractivity contribution in [2.24, 2.45) is 5.92 Å². The molecule has 1 aliphatic rings. The Morgan fingerprint density at radius 2 is 2.12 bits per heavy atom. The van der Waals surface area contributed by atoms with E-state index in [-0.39, 0.29) is 0 Å². The molecule has 0 aromatic heterocycles. The average molecular weight is 331 g/mol. The quantitative estimate of drug-likeness (QED) is 0.857. The molecule has 16 heavy (non-hydrogen) atoms. The number of nitrogens with one attached hydrogen (secondary N) is 1. The minimum absolute atomic E-state index is 0.706. The van der Waals surface area contributed by atoms with Crippen molar-refractivity contribution in [1.82, 2.24) is 5.32 Å². The van der Waals surface area contributed by atoms with E-state index in [1.807, 2.05) is 0 Å². The Labute approximate surface area is 111 Å². The molecule has 1 unspecified atom stereocenters. The smallest absolute Gasteiger partial charge is 0.0717 e. The van der Waals surface area contributed by atoms with E-state index in [9.17, 15) is 0 Å². The van der Waals surface area contributed by atoms with Crippen LogP contribution >= 0.6 is 22.6 Å². The van der Waals surface area contributed by atoms with Gasteiger partial charge in [-0.15, -0.1) is 0 Å². The Morgan fingerprint density at radius 3 is 2.81 bits per heavy atom. The minimum Gasteiger partial charge on any atom is -0.376 e. The van der Waals surface area contributed by atoms with Gasteiger partial charge < -0.3 is 10.1 Å². The predicted octanol–water partition coefficient (Wildman–Crippen LogP) is 2.81. The topological polar surface area (TPSA) is 21.3 Å². The maximum atomic E-state index is 5.76. The van der Waals surface area contributed by atoms with E-state index in [0.717, 1.165) is 19.8 Å². The minimum atomic E-state index is 0.706. The van der Waals surface area contributed by atoms with Crippen LogP contribution in [0.15, 0.2) is 24.3 Å². The maximum Gasteiger partial charge on any atom is 0.0717 e. The van der Waals surface area contributed by atoms with Crippen LogP contribution in [0.4, 0.5) is 0 Å². The molecule has 1 atom stereocenters. The summed E-state index contributed by atoms with van der Waals surface area (Å²) in [5.74, 6) is 0.706. The number of ether oxygens (including phenoxy) is 1. The predicted molar refractivity (Wildman–Crippen MR) is 74.4 cm³/mol. The van der Waals surface area contributed by atoms with E-state index in [4.69, 9.17) is 4.74 Å². The van der Waals surface area contributed by atoms with Gasteiger partial charge in [0.2, 0.25) is 0 Å². The molecule has 3 heteroatoms. The van der Waals surface area contributed by atoms with Crippen LogP contribution in [0.3, 0.4) is 0 Å². The van der Waals surface area contributed by atoms with Crippen molar-refractivity contribution in [2.45, 2.75) is 19.4 Å². The number of rotatable bonds is 4. The zero-order valence-corrected chi connectivity index (χ0v) is 11.6. The number of halogens is 1. The molecule has 1 aromatic carbocycles. The molecule has 1 fully saturated rings. The highest BCUT2D eigenvalue weighted by Gasteiger charge is 2.12. The third-order valence-corrected chi connectivity index (χ3v) is 3.65. The molecule has 0 aliphatic carbocycles. The van der Waals surface area contributed by atoms with Gasteiger partial charge in [-0.2, -0.15) is 0 Å². The van der Waals surface area contributed by atoms with E-state index in [0.29, 0.717) is 5.92 Å². The average Bonchev–Trinajstić information content (AvgIpc) is 2.33. The van der Waals surface area contributed by atoms with Gasteiger partial charge in [-0.3, -0.25) is 0 Å². The summed E-state index contributed by atoms with van der Waals surface area (Å²) in [5, 5.41) is 3.41. The van der Waals surface area contributed by atoms with Crippen molar-refractivity contribution >= 4 is 22.6 Å². The molecule has 1 aromatic rings. The summed E-state index contributed by atoms with van der Waals surface area (Å²) in [6.07, 6.45) is 2.59. The number of piperidine rings is 1. The van der Waals surface area contributed by atoms with Crippen LogP contribution in [0.1, 0.15) is 18.4 Å². The Morgan fingerprint density at radius 1 is 1.31 bits per heavy atom. The maximum absolute atomic E-state index is 5.76. The first-order valence-electron chi connectivity index (χ1n) is 5.87. The van der Waals surface area contributed by atoms with Crippen molar-refractivity contribution in [3.63, 3.8) is 0 Å². The molecule has 1 heterocycles. The van der Waals surface area contributed by atoms with Gasteiger partial charge in [-0.1, -0.05) is 12.1 Å². The Bertz CT molecular complexity index is 306. The lowest BCUT2D eigenvalue weighted by atomic mass is 10.0. The lowest BCUT2D eigenvalue weighted by molar-refractivity contribution is 0.0783. The van der Waals surface area contributed by atoms with E-state index >= 15 is 0 Å². The molecular weight excluding hydrogens is 313 g/mol. The van der Waals surface area contributed by atoms with Gasteiger partial charge in [0.15, 0.2) is 0 Å². The van der Waals surface area contributed by atoms with Gasteiger partial charge in [-0.25, -0.2) is 0 Å². The molecule has 2 nitrogen and oxygen atoms in total. The van der Waals surface area contributed by atoms with Crippen LogP contribution in [-0.4, -0.2) is 19.7 Å². The van der Waals surface area contributed by atoms with E-state index in [1.54, 1.807) is 0 Å². The summed E-state index contributed by atoms with van der Waals surface area (Å²) in [7, 11) is 0. The second-order valence-electron chi connectivity index (χ2n) is 4.35. The monoisotopic (exact) mass is 331 g/mol. The molecule has 1 aliphatic heterocycles. The molecule has 0 spiro atoms. The fourth-order valence-corrected chi connectivity index (χ4v) is 2.35. The third kappa shape index (κ3) is 4.03. The molecule has 0 bridgehead atoms. The number of benzene rings is 1. The van der Waals surface area contributed by atoms with Crippen LogP contribution in [0.25, 0.3) is 0 Å². The van der Waals surface area contributed by atoms with Gasteiger partial charge in [0.05, 0.1) is 13.2 Å². The SMILES string of the molecule is Ic1ccc(COCC2CCCNC2)cc1. The first kappa shape index (κ1) is 12.3. The molecule has 1 saturated heterocycles. The van der Waals surface area contributed by atoms with Crippen LogP contribution in [0.2, 0.25) is 0 Å². The summed E-state index contributed by atoms with van der Waals surface area (Å²) < 4.78 is 7.03. The first-order chi connectivity index (χ1) is 7.84. The molecule has 0 amide bonds. The van der Waals surface area contributed by atoms with E-state index < -0.39 is 0 Å². The molecule has 1 N–H and O–H groups in total. The highest BCUT2D eigenvalue weighted by molar-refractivity contribution is 14.1. The second kappa shape index (κ2) is 6.57. The van der Waals surface area contributed by atoms with Crippen molar-refractivity contribution in [2.75, 3.05) is 19.7 Å². The summed E-state index contributed by atoms with van der Waals surface area (Å²) in [5.41, 5.74) is 1.27.